The normalized spacial score (nSPS) is 13.8. The number of rotatable bonds is 5. The van der Waals surface area contributed by atoms with E-state index in [0.717, 1.165) is 22.9 Å². The number of amides is 4. The largest absolute Gasteiger partial charge is 0.323 e. The maximum atomic E-state index is 12.3. The second kappa shape index (κ2) is 8.45. The molecular weight excluding hydrogens is 386 g/mol. The van der Waals surface area contributed by atoms with Gasteiger partial charge in [0.1, 0.15) is 0 Å². The van der Waals surface area contributed by atoms with Gasteiger partial charge in [-0.05, 0) is 35.4 Å². The lowest BCUT2D eigenvalue weighted by molar-refractivity contribution is -0.125. The number of nitrogens with zero attached hydrogens (tertiary/aromatic N) is 2. The highest BCUT2D eigenvalue weighted by atomic mass is 35.5. The summed E-state index contributed by atoms with van der Waals surface area (Å²) in [6.07, 6.45) is 0. The van der Waals surface area contributed by atoms with Crippen molar-refractivity contribution in [3.63, 3.8) is 0 Å². The summed E-state index contributed by atoms with van der Waals surface area (Å²) in [6.45, 7) is 0.675. The molecule has 4 amide bonds. The number of hydrogen-bond acceptors (Lipinski definition) is 4. The molecule has 0 bridgehead atoms. The van der Waals surface area contributed by atoms with Crippen molar-refractivity contribution < 1.29 is 14.4 Å². The van der Waals surface area contributed by atoms with Gasteiger partial charge in [-0.25, -0.2) is 4.79 Å². The topological polar surface area (TPSA) is 69.7 Å². The Hall–Kier alpha value is -2.51. The number of benzene rings is 2. The average molecular weight is 404 g/mol. The van der Waals surface area contributed by atoms with E-state index in [4.69, 9.17) is 11.6 Å². The second-order valence-electron chi connectivity index (χ2n) is 6.15. The van der Waals surface area contributed by atoms with Gasteiger partial charge in [-0.2, -0.15) is 0 Å². The molecule has 27 heavy (non-hydrogen) atoms. The van der Waals surface area contributed by atoms with Crippen molar-refractivity contribution >= 4 is 46.2 Å². The SMILES string of the molecule is CN(Cc1cccc(Cl)c1)C(=O)Nc1ccc(CN2C(=O)CSC2=O)cc1. The molecule has 2 aromatic carbocycles. The molecular formula is C19H18ClN3O3S. The van der Waals surface area contributed by atoms with Crippen molar-refractivity contribution in [2.75, 3.05) is 18.1 Å². The van der Waals surface area contributed by atoms with Crippen LogP contribution in [0.2, 0.25) is 5.02 Å². The van der Waals surface area contributed by atoms with Crippen LogP contribution in [-0.2, 0) is 17.9 Å². The Bertz CT molecular complexity index is 857. The molecule has 1 aliphatic rings. The molecule has 0 spiro atoms. The third-order valence-corrected chi connectivity index (χ3v) is 5.14. The Labute approximate surface area is 166 Å². The Morgan fingerprint density at radius 2 is 1.93 bits per heavy atom. The summed E-state index contributed by atoms with van der Waals surface area (Å²) in [5, 5.41) is 3.23. The molecule has 0 aromatic heterocycles. The zero-order valence-electron chi connectivity index (χ0n) is 14.6. The van der Waals surface area contributed by atoms with Gasteiger partial charge in [0.05, 0.1) is 12.3 Å². The summed E-state index contributed by atoms with van der Waals surface area (Å²) in [4.78, 5) is 38.4. The van der Waals surface area contributed by atoms with Crippen molar-refractivity contribution in [3.05, 3.63) is 64.7 Å². The highest BCUT2D eigenvalue weighted by Crippen LogP contribution is 2.22. The van der Waals surface area contributed by atoms with Crippen LogP contribution in [0.5, 0.6) is 0 Å². The molecule has 0 saturated carbocycles. The first-order valence-corrected chi connectivity index (χ1v) is 9.61. The van der Waals surface area contributed by atoms with E-state index in [1.165, 1.54) is 4.90 Å². The number of carbonyl (C=O) groups is 3. The minimum atomic E-state index is -0.246. The van der Waals surface area contributed by atoms with Crippen molar-refractivity contribution in [2.24, 2.45) is 0 Å². The van der Waals surface area contributed by atoms with E-state index in [1.807, 2.05) is 18.2 Å². The molecule has 0 aliphatic carbocycles. The lowest BCUT2D eigenvalue weighted by Crippen LogP contribution is -2.30. The van der Waals surface area contributed by atoms with Gasteiger partial charge >= 0.3 is 6.03 Å². The predicted molar refractivity (Wildman–Crippen MR) is 107 cm³/mol. The van der Waals surface area contributed by atoms with E-state index >= 15 is 0 Å². The molecule has 0 atom stereocenters. The molecule has 1 fully saturated rings. The van der Waals surface area contributed by atoms with Crippen LogP contribution in [0.15, 0.2) is 48.5 Å². The standard InChI is InChI=1S/C19H18ClN3O3S/c1-22(10-14-3-2-4-15(20)9-14)18(25)21-16-7-5-13(6-8-16)11-23-17(24)12-27-19(23)26/h2-9H,10-12H2,1H3,(H,21,25). The fourth-order valence-electron chi connectivity index (χ4n) is 2.61. The number of hydrogen-bond donors (Lipinski definition) is 1. The van der Waals surface area contributed by atoms with E-state index in [2.05, 4.69) is 5.32 Å². The van der Waals surface area contributed by atoms with Gasteiger partial charge in [0.2, 0.25) is 5.91 Å². The van der Waals surface area contributed by atoms with Crippen molar-refractivity contribution in [2.45, 2.75) is 13.1 Å². The summed E-state index contributed by atoms with van der Waals surface area (Å²) < 4.78 is 0. The fourth-order valence-corrected chi connectivity index (χ4v) is 3.55. The van der Waals surface area contributed by atoms with E-state index in [0.29, 0.717) is 17.3 Å². The Balaban J connectivity index is 1.56. The molecule has 1 N–H and O–H groups in total. The first kappa shape index (κ1) is 19.3. The van der Waals surface area contributed by atoms with Crippen LogP contribution in [0.3, 0.4) is 0 Å². The van der Waals surface area contributed by atoms with E-state index in [1.54, 1.807) is 42.3 Å². The first-order valence-electron chi connectivity index (χ1n) is 8.25. The summed E-state index contributed by atoms with van der Waals surface area (Å²) >= 11 is 6.98. The molecule has 1 aliphatic heterocycles. The first-order chi connectivity index (χ1) is 12.9. The summed E-state index contributed by atoms with van der Waals surface area (Å²) in [5.41, 5.74) is 2.40. The van der Waals surface area contributed by atoms with Crippen molar-refractivity contribution in [1.29, 1.82) is 0 Å². The zero-order valence-corrected chi connectivity index (χ0v) is 16.2. The average Bonchev–Trinajstić information content (AvgIpc) is 2.95. The lowest BCUT2D eigenvalue weighted by atomic mass is 10.2. The highest BCUT2D eigenvalue weighted by molar-refractivity contribution is 8.14. The fraction of sp³-hybridized carbons (Fsp3) is 0.211. The third-order valence-electron chi connectivity index (χ3n) is 4.04. The van der Waals surface area contributed by atoms with Gasteiger partial charge < -0.3 is 10.2 Å². The van der Waals surface area contributed by atoms with Crippen LogP contribution < -0.4 is 5.32 Å². The number of carbonyl (C=O) groups excluding carboxylic acids is 3. The van der Waals surface area contributed by atoms with Gasteiger partial charge in [-0.15, -0.1) is 0 Å². The Morgan fingerprint density at radius 1 is 1.19 bits per heavy atom. The predicted octanol–water partition coefficient (Wildman–Crippen LogP) is 4.20. The molecule has 0 radical (unpaired) electrons. The van der Waals surface area contributed by atoms with Crippen molar-refractivity contribution in [1.82, 2.24) is 9.80 Å². The number of imide groups is 1. The molecule has 8 heteroatoms. The molecule has 1 heterocycles. The van der Waals surface area contributed by atoms with Gasteiger partial charge in [-0.1, -0.05) is 47.6 Å². The smallest absolute Gasteiger partial charge is 0.321 e. The maximum Gasteiger partial charge on any atom is 0.321 e. The molecule has 1 saturated heterocycles. The Kier molecular flexibility index (Phi) is 6.03. The van der Waals surface area contributed by atoms with Crippen LogP contribution in [-0.4, -0.2) is 39.8 Å². The molecule has 6 nitrogen and oxygen atoms in total. The number of nitrogens with one attached hydrogen (secondary N) is 1. The van der Waals surface area contributed by atoms with Gasteiger partial charge in [0, 0.05) is 24.3 Å². The third kappa shape index (κ3) is 5.02. The van der Waals surface area contributed by atoms with Crippen LogP contribution in [0.1, 0.15) is 11.1 Å². The van der Waals surface area contributed by atoms with E-state index in [9.17, 15) is 14.4 Å². The number of urea groups is 1. The molecule has 3 rings (SSSR count). The second-order valence-corrected chi connectivity index (χ2v) is 7.51. The van der Waals surface area contributed by atoms with Crippen LogP contribution >= 0.6 is 23.4 Å². The molecule has 2 aromatic rings. The summed E-state index contributed by atoms with van der Waals surface area (Å²) in [6, 6.07) is 14.2. The van der Waals surface area contributed by atoms with Crippen molar-refractivity contribution in [3.8, 4) is 0 Å². The lowest BCUT2D eigenvalue weighted by Gasteiger charge is -2.18. The van der Waals surface area contributed by atoms with Crippen LogP contribution in [0, 0.1) is 0 Å². The monoisotopic (exact) mass is 403 g/mol. The van der Waals surface area contributed by atoms with E-state index < -0.39 is 0 Å². The number of halogens is 1. The maximum absolute atomic E-state index is 12.3. The molecule has 140 valence electrons. The summed E-state index contributed by atoms with van der Waals surface area (Å²) in [5.74, 6) is 0.0244. The summed E-state index contributed by atoms with van der Waals surface area (Å²) in [7, 11) is 1.70. The minimum Gasteiger partial charge on any atom is -0.323 e. The van der Waals surface area contributed by atoms with Crippen LogP contribution in [0.4, 0.5) is 15.3 Å². The number of thioether (sulfide) groups is 1. The number of anilines is 1. The highest BCUT2D eigenvalue weighted by Gasteiger charge is 2.29. The van der Waals surface area contributed by atoms with Crippen LogP contribution in [0.25, 0.3) is 0 Å². The van der Waals surface area contributed by atoms with Gasteiger partial charge in [0.25, 0.3) is 5.24 Å². The van der Waals surface area contributed by atoms with Gasteiger partial charge in [0.15, 0.2) is 0 Å². The zero-order chi connectivity index (χ0) is 19.4. The van der Waals surface area contributed by atoms with E-state index in [-0.39, 0.29) is 29.5 Å². The minimum absolute atomic E-state index is 0.176. The Morgan fingerprint density at radius 3 is 2.56 bits per heavy atom. The quantitative estimate of drug-likeness (QED) is 0.812. The van der Waals surface area contributed by atoms with Gasteiger partial charge in [-0.3, -0.25) is 14.5 Å². The molecule has 0 unspecified atom stereocenters.